The van der Waals surface area contributed by atoms with Gasteiger partial charge < -0.3 is 14.6 Å². The summed E-state index contributed by atoms with van der Waals surface area (Å²) in [5.74, 6) is -0.352. The van der Waals surface area contributed by atoms with Gasteiger partial charge in [0.25, 0.3) is 0 Å². The average Bonchev–Trinajstić information content (AvgIpc) is 2.60. The molecule has 0 unspecified atom stereocenters. The molecule has 2 aromatic rings. The standard InChI is InChI=1S/C22H28N2O5/c1-13-11-23-17(15(3)19(13)28-7)12-24(21(27)29-22(4,5)6)18-10-8-9-16(14(18)2)20(25)26/h8-11H,12H2,1-7H3,(H,25,26). The summed E-state index contributed by atoms with van der Waals surface area (Å²) in [5, 5.41) is 9.47. The number of aromatic nitrogens is 1. The number of rotatable bonds is 5. The molecule has 7 nitrogen and oxygen atoms in total. The predicted molar refractivity (Wildman–Crippen MR) is 111 cm³/mol. The second-order valence-electron chi connectivity index (χ2n) is 7.87. The van der Waals surface area contributed by atoms with E-state index in [0.717, 1.165) is 11.1 Å². The first-order chi connectivity index (χ1) is 13.5. The van der Waals surface area contributed by atoms with Crippen molar-refractivity contribution in [2.24, 2.45) is 0 Å². The minimum Gasteiger partial charge on any atom is -0.496 e. The van der Waals surface area contributed by atoms with Crippen LogP contribution < -0.4 is 9.64 Å². The number of carbonyl (C=O) groups is 2. The van der Waals surface area contributed by atoms with Crippen LogP contribution in [0.1, 0.15) is 53.5 Å². The van der Waals surface area contributed by atoms with Gasteiger partial charge in [0.2, 0.25) is 0 Å². The first-order valence-electron chi connectivity index (χ1n) is 9.28. The summed E-state index contributed by atoms with van der Waals surface area (Å²) in [6, 6.07) is 4.82. The van der Waals surface area contributed by atoms with Gasteiger partial charge in [-0.05, 0) is 59.2 Å². The molecule has 7 heteroatoms. The first-order valence-corrected chi connectivity index (χ1v) is 9.28. The van der Waals surface area contributed by atoms with Crippen LogP contribution in [0, 0.1) is 20.8 Å². The number of nitrogens with zero attached hydrogens (tertiary/aromatic N) is 2. The third kappa shape index (κ3) is 5.04. The average molecular weight is 400 g/mol. The Hall–Kier alpha value is -3.09. The fraction of sp³-hybridized carbons (Fsp3) is 0.409. The maximum absolute atomic E-state index is 13.0. The Morgan fingerprint density at radius 2 is 1.79 bits per heavy atom. The quantitative estimate of drug-likeness (QED) is 0.785. The van der Waals surface area contributed by atoms with Gasteiger partial charge in [0.05, 0.1) is 30.6 Å². The lowest BCUT2D eigenvalue weighted by Crippen LogP contribution is -2.37. The zero-order valence-electron chi connectivity index (χ0n) is 18.0. The van der Waals surface area contributed by atoms with Crippen LogP contribution in [-0.2, 0) is 11.3 Å². The lowest BCUT2D eigenvalue weighted by Gasteiger charge is -2.29. The second kappa shape index (κ2) is 8.51. The van der Waals surface area contributed by atoms with E-state index in [2.05, 4.69) is 4.98 Å². The number of benzene rings is 1. The van der Waals surface area contributed by atoms with Crippen LogP contribution in [0.2, 0.25) is 0 Å². The number of aromatic carboxylic acids is 1. The molecule has 1 aromatic carbocycles. The Balaban J connectivity index is 2.57. The lowest BCUT2D eigenvalue weighted by molar-refractivity contribution is 0.0574. The van der Waals surface area contributed by atoms with E-state index < -0.39 is 17.7 Å². The fourth-order valence-electron chi connectivity index (χ4n) is 3.09. The zero-order valence-corrected chi connectivity index (χ0v) is 18.0. The van der Waals surface area contributed by atoms with Gasteiger partial charge in [-0.1, -0.05) is 6.07 Å². The smallest absolute Gasteiger partial charge is 0.415 e. The molecular weight excluding hydrogens is 372 g/mol. The molecule has 1 amide bonds. The summed E-state index contributed by atoms with van der Waals surface area (Å²) in [6.07, 6.45) is 1.11. The molecule has 0 bridgehead atoms. The molecule has 0 atom stereocenters. The third-order valence-electron chi connectivity index (χ3n) is 4.50. The van der Waals surface area contributed by atoms with Crippen molar-refractivity contribution in [1.29, 1.82) is 0 Å². The highest BCUT2D eigenvalue weighted by Gasteiger charge is 2.27. The molecule has 0 saturated carbocycles. The van der Waals surface area contributed by atoms with Gasteiger partial charge in [0, 0.05) is 17.3 Å². The van der Waals surface area contributed by atoms with Crippen LogP contribution >= 0.6 is 0 Å². The van der Waals surface area contributed by atoms with Gasteiger partial charge in [-0.15, -0.1) is 0 Å². The van der Waals surface area contributed by atoms with Gasteiger partial charge in [-0.2, -0.15) is 0 Å². The molecule has 1 N–H and O–H groups in total. The minimum absolute atomic E-state index is 0.112. The van der Waals surface area contributed by atoms with E-state index in [4.69, 9.17) is 9.47 Å². The van der Waals surface area contributed by atoms with Crippen LogP contribution in [0.3, 0.4) is 0 Å². The predicted octanol–water partition coefficient (Wildman–Crippen LogP) is 4.66. The van der Waals surface area contributed by atoms with Crippen LogP contribution in [0.5, 0.6) is 5.75 Å². The Morgan fingerprint density at radius 1 is 1.14 bits per heavy atom. The molecule has 0 aliphatic carbocycles. The molecule has 0 aliphatic rings. The number of hydrogen-bond donors (Lipinski definition) is 1. The van der Waals surface area contributed by atoms with Gasteiger partial charge in [-0.3, -0.25) is 9.88 Å². The number of anilines is 1. The molecule has 0 radical (unpaired) electrons. The molecule has 0 spiro atoms. The van der Waals surface area contributed by atoms with E-state index in [1.807, 2.05) is 13.8 Å². The van der Waals surface area contributed by atoms with Crippen LogP contribution in [0.25, 0.3) is 0 Å². The number of hydrogen-bond acceptors (Lipinski definition) is 5. The molecule has 156 valence electrons. The van der Waals surface area contributed by atoms with Gasteiger partial charge in [-0.25, -0.2) is 9.59 Å². The van der Waals surface area contributed by atoms with Crippen LogP contribution in [0.15, 0.2) is 24.4 Å². The van der Waals surface area contributed by atoms with Gasteiger partial charge in [0.1, 0.15) is 11.4 Å². The van der Waals surface area contributed by atoms with Crippen molar-refractivity contribution in [3.05, 3.63) is 52.3 Å². The van der Waals surface area contributed by atoms with Gasteiger partial charge in [0.15, 0.2) is 0 Å². The van der Waals surface area contributed by atoms with Crippen molar-refractivity contribution in [2.75, 3.05) is 12.0 Å². The van der Waals surface area contributed by atoms with E-state index in [1.54, 1.807) is 53.1 Å². The van der Waals surface area contributed by atoms with Gasteiger partial charge >= 0.3 is 12.1 Å². The number of carboxylic acids is 1. The number of aryl methyl sites for hydroxylation is 1. The highest BCUT2D eigenvalue weighted by molar-refractivity contribution is 5.95. The van der Waals surface area contributed by atoms with E-state index in [9.17, 15) is 14.7 Å². The number of methoxy groups -OCH3 is 1. The Morgan fingerprint density at radius 3 is 2.34 bits per heavy atom. The summed E-state index contributed by atoms with van der Waals surface area (Å²) in [4.78, 5) is 30.5. The minimum atomic E-state index is -1.06. The second-order valence-corrected chi connectivity index (χ2v) is 7.87. The Bertz CT molecular complexity index is 932. The summed E-state index contributed by atoms with van der Waals surface area (Å²) in [6.45, 7) is 10.9. The highest BCUT2D eigenvalue weighted by atomic mass is 16.6. The summed E-state index contributed by atoms with van der Waals surface area (Å²) in [7, 11) is 1.59. The number of amides is 1. The largest absolute Gasteiger partial charge is 0.496 e. The highest BCUT2D eigenvalue weighted by Crippen LogP contribution is 2.30. The summed E-state index contributed by atoms with van der Waals surface area (Å²) < 4.78 is 11.0. The maximum Gasteiger partial charge on any atom is 0.415 e. The molecule has 1 aromatic heterocycles. The summed E-state index contributed by atoms with van der Waals surface area (Å²) >= 11 is 0. The third-order valence-corrected chi connectivity index (χ3v) is 4.50. The normalized spacial score (nSPS) is 11.1. The topological polar surface area (TPSA) is 89.0 Å². The van der Waals surface area contributed by atoms with Crippen LogP contribution in [-0.4, -0.2) is 34.9 Å². The molecule has 0 fully saturated rings. The molecule has 0 saturated heterocycles. The van der Waals surface area contributed by atoms with Crippen molar-refractivity contribution in [3.8, 4) is 5.75 Å². The lowest BCUT2D eigenvalue weighted by atomic mass is 10.1. The first kappa shape index (κ1) is 22.2. The number of ether oxygens (including phenoxy) is 2. The summed E-state index contributed by atoms with van der Waals surface area (Å²) in [5.41, 5.74) is 2.69. The molecule has 29 heavy (non-hydrogen) atoms. The van der Waals surface area contributed by atoms with Crippen molar-refractivity contribution >= 4 is 17.7 Å². The van der Waals surface area contributed by atoms with E-state index >= 15 is 0 Å². The molecule has 1 heterocycles. The van der Waals surface area contributed by atoms with Crippen molar-refractivity contribution in [2.45, 2.75) is 53.7 Å². The molecule has 0 aliphatic heterocycles. The Labute approximate surface area is 171 Å². The zero-order chi connectivity index (χ0) is 21.9. The van der Waals surface area contributed by atoms with E-state index in [1.165, 1.54) is 11.0 Å². The SMILES string of the molecule is COc1c(C)cnc(CN(C(=O)OC(C)(C)C)c2cccc(C(=O)O)c2C)c1C. The van der Waals surface area contributed by atoms with Crippen LogP contribution in [0.4, 0.5) is 10.5 Å². The number of carboxylic acid groups (broad SMARTS) is 1. The fourth-order valence-corrected chi connectivity index (χ4v) is 3.09. The number of pyridine rings is 1. The monoisotopic (exact) mass is 400 g/mol. The van der Waals surface area contributed by atoms with E-state index in [-0.39, 0.29) is 12.1 Å². The maximum atomic E-state index is 13.0. The number of carbonyl (C=O) groups excluding carboxylic acids is 1. The van der Waals surface area contributed by atoms with Crippen molar-refractivity contribution in [1.82, 2.24) is 4.98 Å². The molecule has 2 rings (SSSR count). The Kier molecular flexibility index (Phi) is 6.51. The van der Waals surface area contributed by atoms with Crippen molar-refractivity contribution in [3.63, 3.8) is 0 Å². The van der Waals surface area contributed by atoms with E-state index in [0.29, 0.717) is 22.7 Å². The molecular formula is C22H28N2O5. The van der Waals surface area contributed by atoms with Crippen molar-refractivity contribution < 1.29 is 24.2 Å².